The molecule has 0 aromatic carbocycles. The van der Waals surface area contributed by atoms with Gasteiger partial charge in [-0.2, -0.15) is 0 Å². The van der Waals surface area contributed by atoms with Gasteiger partial charge in [0, 0.05) is 31.1 Å². The Hall–Kier alpha value is -1.89. The van der Waals surface area contributed by atoms with E-state index in [9.17, 15) is 0 Å². The molecule has 0 aliphatic heterocycles. The number of thiazole rings is 1. The van der Waals surface area contributed by atoms with Crippen LogP contribution >= 0.6 is 11.3 Å². The minimum Gasteiger partial charge on any atom is -0.444 e. The Morgan fingerprint density at radius 3 is 2.68 bits per heavy atom. The first-order valence-electron chi connectivity index (χ1n) is 7.37. The van der Waals surface area contributed by atoms with Crippen molar-refractivity contribution in [2.45, 2.75) is 40.2 Å². The van der Waals surface area contributed by atoms with Gasteiger partial charge in [0.2, 0.25) is 5.89 Å². The highest BCUT2D eigenvalue weighted by molar-refractivity contribution is 7.09. The van der Waals surface area contributed by atoms with E-state index < -0.39 is 0 Å². The molecule has 0 bridgehead atoms. The van der Waals surface area contributed by atoms with E-state index in [1.165, 1.54) is 5.01 Å². The van der Waals surface area contributed by atoms with Crippen LogP contribution in [0.5, 0.6) is 0 Å². The monoisotopic (exact) mass is 321 g/mol. The summed E-state index contributed by atoms with van der Waals surface area (Å²) in [6.07, 6.45) is 2.01. The second-order valence-corrected chi connectivity index (χ2v) is 6.03. The molecule has 0 aliphatic rings. The predicted molar refractivity (Wildman–Crippen MR) is 89.4 cm³/mol. The Morgan fingerprint density at radius 2 is 2.09 bits per heavy atom. The molecule has 0 radical (unpaired) electrons. The number of guanidine groups is 1. The second kappa shape index (κ2) is 7.93. The molecule has 0 fully saturated rings. The second-order valence-electron chi connectivity index (χ2n) is 5.09. The zero-order valence-corrected chi connectivity index (χ0v) is 14.4. The van der Waals surface area contributed by atoms with Crippen molar-refractivity contribution in [3.05, 3.63) is 33.4 Å². The number of hydrogen-bond acceptors (Lipinski definition) is 5. The highest BCUT2D eigenvalue weighted by Gasteiger charge is 2.06. The van der Waals surface area contributed by atoms with Gasteiger partial charge in [-0.3, -0.25) is 4.99 Å². The van der Waals surface area contributed by atoms with Gasteiger partial charge < -0.3 is 15.1 Å². The zero-order valence-electron chi connectivity index (χ0n) is 13.6. The third-order valence-electron chi connectivity index (χ3n) is 3.23. The summed E-state index contributed by atoms with van der Waals surface area (Å²) in [5.74, 6) is 2.29. The highest BCUT2D eigenvalue weighted by Crippen LogP contribution is 2.10. The Kier molecular flexibility index (Phi) is 5.94. The predicted octanol–water partition coefficient (Wildman–Crippen LogP) is 2.35. The summed E-state index contributed by atoms with van der Waals surface area (Å²) >= 11 is 1.72. The van der Waals surface area contributed by atoms with E-state index in [2.05, 4.69) is 31.0 Å². The minimum atomic E-state index is 0.528. The molecule has 6 nitrogen and oxygen atoms in total. The fourth-order valence-electron chi connectivity index (χ4n) is 1.96. The molecule has 0 atom stereocenters. The first-order chi connectivity index (χ1) is 10.6. The van der Waals surface area contributed by atoms with Crippen molar-refractivity contribution in [3.8, 4) is 0 Å². The van der Waals surface area contributed by atoms with Crippen LogP contribution in [0.15, 0.2) is 14.8 Å². The molecule has 2 aromatic rings. The molecule has 120 valence electrons. The number of aryl methyl sites for hydroxylation is 4. The van der Waals surface area contributed by atoms with Crippen LogP contribution in [0.4, 0.5) is 0 Å². The van der Waals surface area contributed by atoms with E-state index in [0.717, 1.165) is 42.5 Å². The van der Waals surface area contributed by atoms with Crippen molar-refractivity contribution in [2.24, 2.45) is 4.99 Å². The molecule has 7 heteroatoms. The summed E-state index contributed by atoms with van der Waals surface area (Å²) in [5, 5.41) is 9.76. The highest BCUT2D eigenvalue weighted by atomic mass is 32.1. The fraction of sp³-hybridized carbons (Fsp3) is 0.533. The standard InChI is InChI=1S/C15H23N5OS/c1-10-9-22-14(19-10)6-5-7-17-15(16-4)18-8-13-20-11(2)12(3)21-13/h9H,5-8H2,1-4H3,(H2,16,17,18). The van der Waals surface area contributed by atoms with Crippen LogP contribution in [0, 0.1) is 20.8 Å². The lowest BCUT2D eigenvalue weighted by Crippen LogP contribution is -2.37. The summed E-state index contributed by atoms with van der Waals surface area (Å²) < 4.78 is 5.53. The number of oxazole rings is 1. The van der Waals surface area contributed by atoms with Gasteiger partial charge in [0.1, 0.15) is 5.76 Å². The Morgan fingerprint density at radius 1 is 1.27 bits per heavy atom. The molecule has 2 aromatic heterocycles. The fourth-order valence-corrected chi connectivity index (χ4v) is 2.78. The lowest BCUT2D eigenvalue weighted by Gasteiger charge is -2.10. The number of rotatable bonds is 6. The van der Waals surface area contributed by atoms with Gasteiger partial charge in [-0.15, -0.1) is 11.3 Å². The van der Waals surface area contributed by atoms with E-state index in [-0.39, 0.29) is 0 Å². The zero-order chi connectivity index (χ0) is 15.9. The third kappa shape index (κ3) is 4.84. The largest absolute Gasteiger partial charge is 0.444 e. The molecule has 0 saturated heterocycles. The van der Waals surface area contributed by atoms with Crippen molar-refractivity contribution < 1.29 is 4.42 Å². The molecule has 0 aliphatic carbocycles. The number of aliphatic imine (C=N–C) groups is 1. The molecule has 22 heavy (non-hydrogen) atoms. The normalized spacial score (nSPS) is 11.7. The summed E-state index contributed by atoms with van der Waals surface area (Å²) in [4.78, 5) is 13.0. The molecule has 2 rings (SSSR count). The minimum absolute atomic E-state index is 0.528. The number of aromatic nitrogens is 2. The van der Waals surface area contributed by atoms with Gasteiger partial charge in [-0.25, -0.2) is 9.97 Å². The van der Waals surface area contributed by atoms with E-state index in [1.807, 2.05) is 20.8 Å². The van der Waals surface area contributed by atoms with Gasteiger partial charge in [0.15, 0.2) is 5.96 Å². The van der Waals surface area contributed by atoms with E-state index in [1.54, 1.807) is 18.4 Å². The van der Waals surface area contributed by atoms with Crippen LogP contribution < -0.4 is 10.6 Å². The van der Waals surface area contributed by atoms with E-state index in [0.29, 0.717) is 12.4 Å². The topological polar surface area (TPSA) is 75.3 Å². The lowest BCUT2D eigenvalue weighted by molar-refractivity contribution is 0.463. The lowest BCUT2D eigenvalue weighted by atomic mass is 10.3. The van der Waals surface area contributed by atoms with Crippen LogP contribution in [0.3, 0.4) is 0 Å². The number of hydrogen-bond donors (Lipinski definition) is 2. The summed E-state index contributed by atoms with van der Waals surface area (Å²) in [6, 6.07) is 0. The molecule has 0 amide bonds. The maximum Gasteiger partial charge on any atom is 0.214 e. The Labute approximate surface area is 135 Å². The van der Waals surface area contributed by atoms with Crippen LogP contribution in [-0.2, 0) is 13.0 Å². The van der Waals surface area contributed by atoms with Crippen molar-refractivity contribution in [2.75, 3.05) is 13.6 Å². The van der Waals surface area contributed by atoms with Crippen LogP contribution in [0.2, 0.25) is 0 Å². The van der Waals surface area contributed by atoms with Crippen molar-refractivity contribution in [1.29, 1.82) is 0 Å². The molecule has 0 unspecified atom stereocenters. The Balaban J connectivity index is 1.69. The quantitative estimate of drug-likeness (QED) is 0.485. The molecular weight excluding hydrogens is 298 g/mol. The number of nitrogens with one attached hydrogen (secondary N) is 2. The van der Waals surface area contributed by atoms with Crippen molar-refractivity contribution in [1.82, 2.24) is 20.6 Å². The SMILES string of the molecule is CN=C(NCCCc1nc(C)cs1)NCc1nc(C)c(C)o1. The average Bonchev–Trinajstić information content (AvgIpc) is 3.04. The summed E-state index contributed by atoms with van der Waals surface area (Å²) in [5.41, 5.74) is 2.03. The van der Waals surface area contributed by atoms with E-state index >= 15 is 0 Å². The maximum absolute atomic E-state index is 5.53. The molecular formula is C15H23N5OS. The molecule has 2 heterocycles. The molecule has 0 saturated carbocycles. The van der Waals surface area contributed by atoms with Crippen molar-refractivity contribution in [3.63, 3.8) is 0 Å². The van der Waals surface area contributed by atoms with Crippen LogP contribution in [0.25, 0.3) is 0 Å². The van der Waals surface area contributed by atoms with Crippen molar-refractivity contribution >= 4 is 17.3 Å². The summed E-state index contributed by atoms with van der Waals surface area (Å²) in [7, 11) is 1.76. The average molecular weight is 321 g/mol. The van der Waals surface area contributed by atoms with E-state index in [4.69, 9.17) is 4.42 Å². The van der Waals surface area contributed by atoms with Gasteiger partial charge in [-0.1, -0.05) is 0 Å². The smallest absolute Gasteiger partial charge is 0.214 e. The molecule has 0 spiro atoms. The maximum atomic E-state index is 5.53. The van der Waals surface area contributed by atoms with Crippen LogP contribution in [0.1, 0.15) is 34.5 Å². The van der Waals surface area contributed by atoms with Gasteiger partial charge in [-0.05, 0) is 27.2 Å². The Bertz CT molecular complexity index is 612. The first-order valence-corrected chi connectivity index (χ1v) is 8.25. The van der Waals surface area contributed by atoms with Gasteiger partial charge in [0.05, 0.1) is 17.2 Å². The molecule has 2 N–H and O–H groups in total. The van der Waals surface area contributed by atoms with Gasteiger partial charge >= 0.3 is 0 Å². The first kappa shape index (κ1) is 16.5. The van der Waals surface area contributed by atoms with Crippen LogP contribution in [-0.4, -0.2) is 29.5 Å². The summed E-state index contributed by atoms with van der Waals surface area (Å²) in [6.45, 7) is 7.26. The third-order valence-corrected chi connectivity index (χ3v) is 4.26. The van der Waals surface area contributed by atoms with Gasteiger partial charge in [0.25, 0.3) is 0 Å². The number of nitrogens with zero attached hydrogens (tertiary/aromatic N) is 3.